The summed E-state index contributed by atoms with van der Waals surface area (Å²) in [5.41, 5.74) is 0.800. The average Bonchev–Trinajstić information content (AvgIpc) is 3.08. The zero-order valence-corrected chi connectivity index (χ0v) is 19.2. The van der Waals surface area contributed by atoms with E-state index in [1.165, 1.54) is 24.3 Å². The molecule has 33 heavy (non-hydrogen) atoms. The Morgan fingerprint density at radius 3 is 2.52 bits per heavy atom. The maximum absolute atomic E-state index is 13.9. The third-order valence-electron chi connectivity index (χ3n) is 6.46. The minimum Gasteiger partial charge on any atom is -0.358 e. The van der Waals surface area contributed by atoms with Crippen LogP contribution in [0.3, 0.4) is 0 Å². The van der Waals surface area contributed by atoms with Gasteiger partial charge in [-0.05, 0) is 48.9 Å². The molecule has 168 valence electrons. The molecule has 9 heteroatoms. The Hall–Kier alpha value is -3.36. The van der Waals surface area contributed by atoms with Crippen molar-refractivity contribution in [2.45, 2.75) is 29.4 Å². The first kappa shape index (κ1) is 21.5. The van der Waals surface area contributed by atoms with Crippen molar-refractivity contribution < 1.29 is 13.3 Å². The van der Waals surface area contributed by atoms with Crippen molar-refractivity contribution in [2.24, 2.45) is 0 Å². The van der Waals surface area contributed by atoms with Gasteiger partial charge in [0.05, 0.1) is 22.1 Å². The summed E-state index contributed by atoms with van der Waals surface area (Å²) in [7, 11) is -4.19. The predicted octanol–water partition coefficient (Wildman–Crippen LogP) is 5.05. The zero-order chi connectivity index (χ0) is 23.5. The summed E-state index contributed by atoms with van der Waals surface area (Å²) in [5, 5.41) is 16.3. The number of benzene rings is 3. The van der Waals surface area contributed by atoms with Crippen LogP contribution in [0.4, 0.5) is 11.4 Å². The number of halogens is 1. The lowest BCUT2D eigenvalue weighted by molar-refractivity contribution is -0.583. The number of rotatable bonds is 4. The number of hydrogen-bond donors (Lipinski definition) is 1. The fourth-order valence-electron chi connectivity index (χ4n) is 4.99. The second-order valence-corrected chi connectivity index (χ2v) is 10.5. The Balaban J connectivity index is 1.85. The standard InChI is InChI=1S/C24H20ClN3O4S/c1-3-19-18-6-4-5-7-21(18)26-23-24(19,28(29)30)20-13-10-16(25)14-22(20)27(23)33(31,32)17-11-8-15(2)9-12-17/h3-14,19,23,26H,1H2,2H3/t19-,23-,24-/m1/s1. The van der Waals surface area contributed by atoms with E-state index < -0.39 is 32.6 Å². The Morgan fingerprint density at radius 1 is 1.15 bits per heavy atom. The van der Waals surface area contributed by atoms with Crippen molar-refractivity contribution in [1.82, 2.24) is 0 Å². The first-order valence-corrected chi connectivity index (χ1v) is 12.1. The van der Waals surface area contributed by atoms with Crippen LogP contribution in [0.5, 0.6) is 0 Å². The third kappa shape index (κ3) is 2.84. The van der Waals surface area contributed by atoms with E-state index >= 15 is 0 Å². The van der Waals surface area contributed by atoms with Crippen LogP contribution >= 0.6 is 11.6 Å². The molecule has 0 amide bonds. The topological polar surface area (TPSA) is 92.6 Å². The molecule has 3 aromatic carbocycles. The van der Waals surface area contributed by atoms with E-state index in [0.717, 1.165) is 9.87 Å². The van der Waals surface area contributed by atoms with Gasteiger partial charge in [0.1, 0.15) is 0 Å². The molecule has 0 bridgehead atoms. The third-order valence-corrected chi connectivity index (χ3v) is 8.49. The lowest BCUT2D eigenvalue weighted by Crippen LogP contribution is -2.60. The molecule has 0 saturated heterocycles. The molecule has 5 rings (SSSR count). The molecule has 0 aromatic heterocycles. The molecular formula is C24H20ClN3O4S. The van der Waals surface area contributed by atoms with Crippen molar-refractivity contribution in [1.29, 1.82) is 0 Å². The summed E-state index contributed by atoms with van der Waals surface area (Å²) in [4.78, 5) is 12.5. The summed E-state index contributed by atoms with van der Waals surface area (Å²) in [6, 6.07) is 18.1. The normalized spacial score (nSPS) is 23.2. The van der Waals surface area contributed by atoms with E-state index in [1.54, 1.807) is 48.5 Å². The molecule has 0 fully saturated rings. The second-order valence-electron chi connectivity index (χ2n) is 8.21. The lowest BCUT2D eigenvalue weighted by atomic mass is 9.71. The highest BCUT2D eigenvalue weighted by atomic mass is 35.5. The highest BCUT2D eigenvalue weighted by molar-refractivity contribution is 7.93. The monoisotopic (exact) mass is 481 g/mol. The molecule has 0 aliphatic carbocycles. The summed E-state index contributed by atoms with van der Waals surface area (Å²) < 4.78 is 29.0. The maximum atomic E-state index is 13.9. The molecule has 7 nitrogen and oxygen atoms in total. The predicted molar refractivity (Wildman–Crippen MR) is 128 cm³/mol. The number of sulfonamides is 1. The molecule has 0 radical (unpaired) electrons. The summed E-state index contributed by atoms with van der Waals surface area (Å²) in [6.45, 7) is 5.74. The molecule has 2 aliphatic heterocycles. The second kappa shape index (κ2) is 7.33. The van der Waals surface area contributed by atoms with E-state index in [1.807, 2.05) is 6.92 Å². The van der Waals surface area contributed by atoms with Crippen LogP contribution in [0, 0.1) is 17.0 Å². The fraction of sp³-hybridized carbons (Fsp3) is 0.167. The van der Waals surface area contributed by atoms with E-state index in [-0.39, 0.29) is 21.2 Å². The van der Waals surface area contributed by atoms with Gasteiger partial charge in [-0.15, -0.1) is 6.58 Å². The number of nitro groups is 1. The zero-order valence-electron chi connectivity index (χ0n) is 17.6. The van der Waals surface area contributed by atoms with Crippen LogP contribution in [0.25, 0.3) is 0 Å². The van der Waals surface area contributed by atoms with Gasteiger partial charge in [-0.2, -0.15) is 0 Å². The van der Waals surface area contributed by atoms with E-state index in [2.05, 4.69) is 11.9 Å². The first-order chi connectivity index (χ1) is 15.7. The number of para-hydroxylation sites is 1. The van der Waals surface area contributed by atoms with Gasteiger partial charge >= 0.3 is 0 Å². The minimum absolute atomic E-state index is 0.0361. The van der Waals surface area contributed by atoms with Crippen LogP contribution in [-0.2, 0) is 15.6 Å². The van der Waals surface area contributed by atoms with Gasteiger partial charge in [-0.25, -0.2) is 12.7 Å². The van der Waals surface area contributed by atoms with Crippen LogP contribution in [0.2, 0.25) is 5.02 Å². The first-order valence-electron chi connectivity index (χ1n) is 10.3. The SMILES string of the molecule is C=C[C@@H]1c2ccccc2N[C@@H]2N(S(=O)(=O)c3ccc(C)cc3)c3cc(Cl)ccc3[C@]12[N+](=O)[O-]. The Labute approximate surface area is 196 Å². The van der Waals surface area contributed by atoms with E-state index in [4.69, 9.17) is 11.6 Å². The lowest BCUT2D eigenvalue weighted by Gasteiger charge is -2.41. The van der Waals surface area contributed by atoms with Crippen molar-refractivity contribution in [3.05, 3.63) is 111 Å². The minimum atomic E-state index is -4.19. The Kier molecular flexibility index (Phi) is 4.77. The van der Waals surface area contributed by atoms with E-state index in [9.17, 15) is 18.5 Å². The van der Waals surface area contributed by atoms with E-state index in [0.29, 0.717) is 11.3 Å². The molecule has 0 unspecified atom stereocenters. The van der Waals surface area contributed by atoms with Gasteiger partial charge < -0.3 is 5.32 Å². The summed E-state index contributed by atoms with van der Waals surface area (Å²) in [5.74, 6) is -0.784. The van der Waals surface area contributed by atoms with Crippen LogP contribution in [0.15, 0.2) is 84.3 Å². The average molecular weight is 482 g/mol. The molecule has 0 saturated carbocycles. The maximum Gasteiger partial charge on any atom is 0.298 e. The fourth-order valence-corrected chi connectivity index (χ4v) is 6.77. The van der Waals surface area contributed by atoms with Crippen molar-refractivity contribution in [3.63, 3.8) is 0 Å². The molecule has 0 spiro atoms. The quantitative estimate of drug-likeness (QED) is 0.320. The van der Waals surface area contributed by atoms with Gasteiger partial charge in [-0.3, -0.25) is 10.1 Å². The molecule has 3 aromatic rings. The van der Waals surface area contributed by atoms with Gasteiger partial charge in [0.15, 0.2) is 6.17 Å². The number of hydrogen-bond acceptors (Lipinski definition) is 5. The summed E-state index contributed by atoms with van der Waals surface area (Å²) >= 11 is 6.26. The summed E-state index contributed by atoms with van der Waals surface area (Å²) in [6.07, 6.45) is 0.292. The van der Waals surface area contributed by atoms with Gasteiger partial charge in [0.25, 0.3) is 15.6 Å². The van der Waals surface area contributed by atoms with Gasteiger partial charge in [-0.1, -0.05) is 53.6 Å². The van der Waals surface area contributed by atoms with Gasteiger partial charge in [0.2, 0.25) is 0 Å². The van der Waals surface area contributed by atoms with Crippen LogP contribution < -0.4 is 9.62 Å². The van der Waals surface area contributed by atoms with Crippen molar-refractivity contribution in [2.75, 3.05) is 9.62 Å². The molecule has 2 heterocycles. The Morgan fingerprint density at radius 2 is 1.85 bits per heavy atom. The highest BCUT2D eigenvalue weighted by Crippen LogP contribution is 2.58. The largest absolute Gasteiger partial charge is 0.358 e. The van der Waals surface area contributed by atoms with Crippen LogP contribution in [0.1, 0.15) is 22.6 Å². The number of nitrogens with zero attached hydrogens (tertiary/aromatic N) is 2. The number of anilines is 2. The smallest absolute Gasteiger partial charge is 0.298 e. The number of nitrogens with one attached hydrogen (secondary N) is 1. The number of fused-ring (bicyclic) bond motifs is 4. The van der Waals surface area contributed by atoms with Gasteiger partial charge in [0, 0.05) is 15.6 Å². The number of aryl methyl sites for hydroxylation is 1. The highest BCUT2D eigenvalue weighted by Gasteiger charge is 2.69. The molecule has 2 aliphatic rings. The molecular weight excluding hydrogens is 462 g/mol. The van der Waals surface area contributed by atoms with Crippen molar-refractivity contribution in [3.8, 4) is 0 Å². The van der Waals surface area contributed by atoms with Crippen molar-refractivity contribution >= 4 is 33.0 Å². The molecule has 1 N–H and O–H groups in total. The Bertz CT molecular complexity index is 1410. The molecule has 3 atom stereocenters. The van der Waals surface area contributed by atoms with Crippen LogP contribution in [-0.4, -0.2) is 19.5 Å².